The van der Waals surface area contributed by atoms with Crippen LogP contribution in [0, 0.1) is 27.7 Å². The first-order chi connectivity index (χ1) is 14.1. The van der Waals surface area contributed by atoms with Crippen molar-refractivity contribution in [3.05, 3.63) is 71.0 Å². The zero-order valence-electron chi connectivity index (χ0n) is 17.1. The highest BCUT2D eigenvalue weighted by molar-refractivity contribution is 7.92. The molecule has 2 aromatic carbocycles. The Hall–Kier alpha value is -3.04. The van der Waals surface area contributed by atoms with Crippen LogP contribution in [0.25, 0.3) is 0 Å². The van der Waals surface area contributed by atoms with E-state index in [1.54, 1.807) is 32.0 Å². The van der Waals surface area contributed by atoms with Crippen molar-refractivity contribution in [1.82, 2.24) is 9.97 Å². The van der Waals surface area contributed by atoms with Gasteiger partial charge in [-0.1, -0.05) is 17.7 Å². The van der Waals surface area contributed by atoms with Crippen molar-refractivity contribution in [1.29, 1.82) is 0 Å². The van der Waals surface area contributed by atoms with Gasteiger partial charge in [0, 0.05) is 22.8 Å². The molecule has 156 valence electrons. The van der Waals surface area contributed by atoms with Gasteiger partial charge in [-0.15, -0.1) is 0 Å². The van der Waals surface area contributed by atoms with Gasteiger partial charge in [0.15, 0.2) is 5.11 Å². The van der Waals surface area contributed by atoms with Crippen LogP contribution in [0.3, 0.4) is 0 Å². The number of sulfonamides is 1. The number of hydrogen-bond acceptors (Lipinski definition) is 5. The van der Waals surface area contributed by atoms with Gasteiger partial charge in [-0.25, -0.2) is 23.1 Å². The summed E-state index contributed by atoms with van der Waals surface area (Å²) >= 11 is 5.36. The van der Waals surface area contributed by atoms with Gasteiger partial charge >= 0.3 is 0 Å². The summed E-state index contributed by atoms with van der Waals surface area (Å²) < 4.78 is 27.6. The van der Waals surface area contributed by atoms with Crippen molar-refractivity contribution in [3.8, 4) is 0 Å². The Morgan fingerprint density at radius 1 is 0.867 bits per heavy atom. The quantitative estimate of drug-likeness (QED) is 0.508. The van der Waals surface area contributed by atoms with Crippen LogP contribution < -0.4 is 15.4 Å². The molecule has 0 unspecified atom stereocenters. The summed E-state index contributed by atoms with van der Waals surface area (Å²) in [7, 11) is -3.80. The Balaban J connectivity index is 1.68. The number of benzene rings is 2. The molecule has 1 aromatic heterocycles. The van der Waals surface area contributed by atoms with Crippen LogP contribution >= 0.6 is 12.2 Å². The average Bonchev–Trinajstić information content (AvgIpc) is 2.63. The molecule has 1 heterocycles. The minimum Gasteiger partial charge on any atom is -0.332 e. The largest absolute Gasteiger partial charge is 0.332 e. The van der Waals surface area contributed by atoms with Crippen molar-refractivity contribution in [3.63, 3.8) is 0 Å². The van der Waals surface area contributed by atoms with Crippen molar-refractivity contribution >= 4 is 44.7 Å². The number of anilines is 3. The van der Waals surface area contributed by atoms with E-state index in [4.69, 9.17) is 12.2 Å². The summed E-state index contributed by atoms with van der Waals surface area (Å²) in [6, 6.07) is 14.1. The van der Waals surface area contributed by atoms with Crippen LogP contribution in [0.2, 0.25) is 0 Å². The lowest BCUT2D eigenvalue weighted by molar-refractivity contribution is 0.601. The maximum Gasteiger partial charge on any atom is 0.264 e. The summed E-state index contributed by atoms with van der Waals surface area (Å²) in [5.41, 5.74) is 5.21. The number of nitrogens with zero attached hydrogens (tertiary/aromatic N) is 2. The molecule has 0 fully saturated rings. The second-order valence-corrected chi connectivity index (χ2v) is 9.09. The number of nitrogens with one attached hydrogen (secondary N) is 3. The number of aryl methyl sites for hydroxylation is 4. The van der Waals surface area contributed by atoms with Crippen molar-refractivity contribution < 1.29 is 8.42 Å². The summed E-state index contributed by atoms with van der Waals surface area (Å²) in [6.45, 7) is 7.60. The van der Waals surface area contributed by atoms with Crippen molar-refractivity contribution in [2.24, 2.45) is 0 Å². The zero-order valence-corrected chi connectivity index (χ0v) is 18.8. The second-order valence-electron chi connectivity index (χ2n) is 7.00. The SMILES string of the molecule is Cc1ccc(NC(=S)Nc2ccc(S(=O)(=O)Nc3nc(C)cc(C)n3)cc2)c(C)c1. The highest BCUT2D eigenvalue weighted by atomic mass is 32.2. The Morgan fingerprint density at radius 3 is 2.10 bits per heavy atom. The molecular formula is C21H23N5O2S2. The molecule has 0 aliphatic carbocycles. The van der Waals surface area contributed by atoms with E-state index in [1.165, 1.54) is 17.7 Å². The average molecular weight is 442 g/mol. The molecule has 7 nitrogen and oxygen atoms in total. The van der Waals surface area contributed by atoms with E-state index >= 15 is 0 Å². The Morgan fingerprint density at radius 2 is 1.50 bits per heavy atom. The third-order valence-electron chi connectivity index (χ3n) is 4.26. The Labute approximate surface area is 182 Å². The topological polar surface area (TPSA) is 96.0 Å². The van der Waals surface area contributed by atoms with Gasteiger partial charge < -0.3 is 10.6 Å². The van der Waals surface area contributed by atoms with Crippen LogP contribution in [0.1, 0.15) is 22.5 Å². The van der Waals surface area contributed by atoms with Crippen LogP contribution in [0.5, 0.6) is 0 Å². The molecule has 9 heteroatoms. The third kappa shape index (κ3) is 5.52. The lowest BCUT2D eigenvalue weighted by Crippen LogP contribution is -2.20. The first-order valence-corrected chi connectivity index (χ1v) is 11.1. The maximum absolute atomic E-state index is 12.6. The fourth-order valence-corrected chi connectivity index (χ4v) is 4.08. The normalized spacial score (nSPS) is 11.1. The second kappa shape index (κ2) is 8.76. The van der Waals surface area contributed by atoms with Gasteiger partial charge in [0.05, 0.1) is 4.90 Å². The maximum atomic E-state index is 12.6. The minimum atomic E-state index is -3.80. The lowest BCUT2D eigenvalue weighted by atomic mass is 10.1. The van der Waals surface area contributed by atoms with E-state index < -0.39 is 10.0 Å². The summed E-state index contributed by atoms with van der Waals surface area (Å²) in [6.07, 6.45) is 0. The smallest absolute Gasteiger partial charge is 0.264 e. The molecule has 0 amide bonds. The Bertz CT molecular complexity index is 1170. The molecule has 30 heavy (non-hydrogen) atoms. The van der Waals surface area contributed by atoms with E-state index in [0.717, 1.165) is 11.3 Å². The van der Waals surface area contributed by atoms with Crippen LogP contribution in [0.15, 0.2) is 53.4 Å². The first-order valence-electron chi connectivity index (χ1n) is 9.23. The molecule has 0 saturated carbocycles. The zero-order chi connectivity index (χ0) is 21.9. The van der Waals surface area contributed by atoms with E-state index in [2.05, 4.69) is 31.4 Å². The number of thiocarbonyl (C=S) groups is 1. The first kappa shape index (κ1) is 21.7. The number of aromatic nitrogens is 2. The van der Waals surface area contributed by atoms with Crippen molar-refractivity contribution in [2.45, 2.75) is 32.6 Å². The van der Waals surface area contributed by atoms with E-state index in [1.807, 2.05) is 26.0 Å². The van der Waals surface area contributed by atoms with E-state index in [9.17, 15) is 8.42 Å². The van der Waals surface area contributed by atoms with E-state index in [0.29, 0.717) is 22.2 Å². The predicted octanol–water partition coefficient (Wildman–Crippen LogP) is 4.32. The lowest BCUT2D eigenvalue weighted by Gasteiger charge is -2.13. The van der Waals surface area contributed by atoms with Crippen LogP contribution in [0.4, 0.5) is 17.3 Å². The third-order valence-corrected chi connectivity index (χ3v) is 5.81. The summed E-state index contributed by atoms with van der Waals surface area (Å²) in [5, 5.41) is 6.62. The summed E-state index contributed by atoms with van der Waals surface area (Å²) in [4.78, 5) is 8.33. The van der Waals surface area contributed by atoms with Gasteiger partial charge in [0.1, 0.15) is 0 Å². The van der Waals surface area contributed by atoms with Gasteiger partial charge in [-0.3, -0.25) is 0 Å². The van der Waals surface area contributed by atoms with Gasteiger partial charge in [-0.2, -0.15) is 0 Å². The molecule has 3 aromatic rings. The molecule has 3 rings (SSSR count). The molecule has 0 atom stereocenters. The number of hydrogen-bond donors (Lipinski definition) is 3. The molecule has 0 bridgehead atoms. The molecule has 0 aliphatic heterocycles. The standard InChI is InChI=1S/C21H23N5O2S2/c1-13-5-10-19(14(2)11-13)25-21(29)24-17-6-8-18(9-7-17)30(27,28)26-20-22-15(3)12-16(4)23-20/h5-12H,1-4H3,(H,22,23,26)(H2,24,25,29). The molecular weight excluding hydrogens is 418 g/mol. The predicted molar refractivity (Wildman–Crippen MR) is 125 cm³/mol. The fourth-order valence-electron chi connectivity index (χ4n) is 2.91. The number of rotatable bonds is 5. The van der Waals surface area contributed by atoms with Gasteiger partial charge in [0.2, 0.25) is 5.95 Å². The fraction of sp³-hybridized carbons (Fsp3) is 0.190. The van der Waals surface area contributed by atoms with Crippen LogP contribution in [-0.4, -0.2) is 23.5 Å². The van der Waals surface area contributed by atoms with Crippen LogP contribution in [-0.2, 0) is 10.0 Å². The molecule has 0 saturated heterocycles. The van der Waals surface area contributed by atoms with Crippen molar-refractivity contribution in [2.75, 3.05) is 15.4 Å². The highest BCUT2D eigenvalue weighted by Gasteiger charge is 2.16. The summed E-state index contributed by atoms with van der Waals surface area (Å²) in [5.74, 6) is 0.0496. The van der Waals surface area contributed by atoms with Gasteiger partial charge in [0.25, 0.3) is 10.0 Å². The van der Waals surface area contributed by atoms with E-state index in [-0.39, 0.29) is 10.8 Å². The molecule has 3 N–H and O–H groups in total. The molecule has 0 aliphatic rings. The minimum absolute atomic E-state index is 0.0496. The Kier molecular flexibility index (Phi) is 6.33. The molecule has 0 spiro atoms. The van der Waals surface area contributed by atoms with Gasteiger partial charge in [-0.05, 0) is 81.9 Å². The monoisotopic (exact) mass is 441 g/mol. The highest BCUT2D eigenvalue weighted by Crippen LogP contribution is 2.19. The molecule has 0 radical (unpaired) electrons.